The van der Waals surface area contributed by atoms with Gasteiger partial charge in [-0.3, -0.25) is 14.9 Å². The van der Waals surface area contributed by atoms with E-state index in [1.807, 2.05) is 6.92 Å². The molecule has 31 heavy (non-hydrogen) atoms. The number of nitrogens with zero attached hydrogens (tertiary/aromatic N) is 4. The van der Waals surface area contributed by atoms with Gasteiger partial charge in [0.25, 0.3) is 5.69 Å². The van der Waals surface area contributed by atoms with Crippen molar-refractivity contribution in [2.75, 3.05) is 22.5 Å². The van der Waals surface area contributed by atoms with Crippen LogP contribution in [0, 0.1) is 15.9 Å². The van der Waals surface area contributed by atoms with Crippen LogP contribution in [-0.2, 0) is 11.3 Å². The largest absolute Gasteiger partial charge is 0.360 e. The Morgan fingerprint density at radius 2 is 2.03 bits per heavy atom. The number of hydrogen-bond donors (Lipinski definition) is 1. The number of anilines is 2. The number of carbonyl (C=O) groups is 1. The van der Waals surface area contributed by atoms with Crippen molar-refractivity contribution in [3.8, 4) is 0 Å². The normalized spacial score (nSPS) is 10.6. The molecule has 8 nitrogen and oxygen atoms in total. The first-order valence-corrected chi connectivity index (χ1v) is 11.3. The molecular weight excluding hydrogens is 441 g/mol. The molecule has 0 aliphatic carbocycles. The number of benzene rings is 2. The van der Waals surface area contributed by atoms with E-state index in [4.69, 9.17) is 0 Å². The van der Waals surface area contributed by atoms with Gasteiger partial charge in [-0.25, -0.2) is 4.39 Å². The average molecular weight is 462 g/mol. The van der Waals surface area contributed by atoms with E-state index < -0.39 is 10.7 Å². The van der Waals surface area contributed by atoms with Crippen molar-refractivity contribution in [1.82, 2.24) is 10.2 Å². The van der Waals surface area contributed by atoms with Crippen LogP contribution >= 0.6 is 23.1 Å². The maximum Gasteiger partial charge on any atom is 0.269 e. The fourth-order valence-corrected chi connectivity index (χ4v) is 4.32. The number of aromatic nitrogens is 2. The molecule has 0 aliphatic rings. The summed E-state index contributed by atoms with van der Waals surface area (Å²) in [6, 6.07) is 11.7. The van der Waals surface area contributed by atoms with Gasteiger partial charge >= 0.3 is 0 Å². The average Bonchev–Trinajstić information content (AvgIpc) is 3.23. The fourth-order valence-electron chi connectivity index (χ4n) is 2.67. The zero-order valence-corrected chi connectivity index (χ0v) is 18.3. The van der Waals surface area contributed by atoms with Crippen molar-refractivity contribution in [2.24, 2.45) is 0 Å². The summed E-state index contributed by atoms with van der Waals surface area (Å²) in [6.07, 6.45) is 0.963. The third-order valence-corrected chi connectivity index (χ3v) is 6.15. The molecule has 162 valence electrons. The van der Waals surface area contributed by atoms with E-state index in [1.54, 1.807) is 12.1 Å². The maximum atomic E-state index is 13.4. The second-order valence-electron chi connectivity index (χ2n) is 6.47. The lowest BCUT2D eigenvalue weighted by atomic mass is 10.1. The molecule has 1 N–H and O–H groups in total. The van der Waals surface area contributed by atoms with Crippen LogP contribution in [0.25, 0.3) is 0 Å². The lowest BCUT2D eigenvalue weighted by molar-refractivity contribution is -0.384. The third kappa shape index (κ3) is 6.46. The second kappa shape index (κ2) is 10.8. The molecule has 3 aromatic rings. The number of hydrogen-bond acceptors (Lipinski definition) is 8. The topological polar surface area (TPSA) is 101 Å². The fraction of sp³-hybridized carbons (Fsp3) is 0.250. The van der Waals surface area contributed by atoms with Gasteiger partial charge in [0.1, 0.15) is 5.82 Å². The number of nitro benzene ring substituents is 1. The van der Waals surface area contributed by atoms with Gasteiger partial charge in [0, 0.05) is 24.4 Å². The van der Waals surface area contributed by atoms with Crippen LogP contribution < -0.4 is 10.2 Å². The van der Waals surface area contributed by atoms with Crippen molar-refractivity contribution in [1.29, 1.82) is 0 Å². The van der Waals surface area contributed by atoms with Gasteiger partial charge in [0.2, 0.25) is 11.0 Å². The van der Waals surface area contributed by atoms with Crippen molar-refractivity contribution in [3.05, 3.63) is 70.0 Å². The minimum absolute atomic E-state index is 0.0562. The molecular formula is C20H20FN5O3S2. The lowest BCUT2D eigenvalue weighted by Gasteiger charge is -2.23. The molecule has 3 rings (SSSR count). The van der Waals surface area contributed by atoms with Crippen molar-refractivity contribution >= 4 is 45.5 Å². The van der Waals surface area contributed by atoms with Crippen molar-refractivity contribution < 1.29 is 14.1 Å². The monoisotopic (exact) mass is 461 g/mol. The Morgan fingerprint density at radius 1 is 1.26 bits per heavy atom. The molecule has 2 aromatic carbocycles. The Morgan fingerprint density at radius 3 is 2.74 bits per heavy atom. The molecule has 0 saturated carbocycles. The van der Waals surface area contributed by atoms with Crippen LogP contribution in [0.2, 0.25) is 0 Å². The molecule has 0 spiro atoms. The van der Waals surface area contributed by atoms with Gasteiger partial charge in [-0.2, -0.15) is 0 Å². The summed E-state index contributed by atoms with van der Waals surface area (Å²) in [5.41, 5.74) is 1.04. The highest BCUT2D eigenvalue weighted by Crippen LogP contribution is 2.27. The smallest absolute Gasteiger partial charge is 0.269 e. The minimum Gasteiger partial charge on any atom is -0.360 e. The van der Waals surface area contributed by atoms with Gasteiger partial charge in [0.15, 0.2) is 4.34 Å². The SMILES string of the molecule is CCCNc1nnc(SCC(=O)N(Cc2cccc([N+](=O)[O-])c2)c2ccc(F)cc2)s1. The Labute approximate surface area is 186 Å². The van der Waals surface area contributed by atoms with Crippen LogP contribution in [0.4, 0.5) is 20.9 Å². The highest BCUT2D eigenvalue weighted by Gasteiger charge is 2.19. The first-order valence-electron chi connectivity index (χ1n) is 9.45. The van der Waals surface area contributed by atoms with Gasteiger partial charge in [-0.15, -0.1) is 10.2 Å². The minimum atomic E-state index is -0.483. The zero-order chi connectivity index (χ0) is 22.2. The van der Waals surface area contributed by atoms with E-state index in [-0.39, 0.29) is 23.9 Å². The van der Waals surface area contributed by atoms with Gasteiger partial charge in [-0.1, -0.05) is 42.2 Å². The van der Waals surface area contributed by atoms with Crippen molar-refractivity contribution in [2.45, 2.75) is 24.2 Å². The van der Waals surface area contributed by atoms with Crippen LogP contribution in [0.5, 0.6) is 0 Å². The van der Waals surface area contributed by atoms with Gasteiger partial charge in [0.05, 0.1) is 17.2 Å². The summed E-state index contributed by atoms with van der Waals surface area (Å²) in [6.45, 7) is 2.96. The summed E-state index contributed by atoms with van der Waals surface area (Å²) in [5, 5.41) is 23.0. The summed E-state index contributed by atoms with van der Waals surface area (Å²) in [7, 11) is 0. The Kier molecular flexibility index (Phi) is 7.90. The first-order chi connectivity index (χ1) is 15.0. The highest BCUT2D eigenvalue weighted by molar-refractivity contribution is 8.01. The summed E-state index contributed by atoms with van der Waals surface area (Å²) in [4.78, 5) is 25.1. The predicted molar refractivity (Wildman–Crippen MR) is 120 cm³/mol. The summed E-state index contributed by atoms with van der Waals surface area (Å²) < 4.78 is 14.0. The van der Waals surface area contributed by atoms with E-state index in [0.717, 1.165) is 13.0 Å². The first kappa shape index (κ1) is 22.6. The number of rotatable bonds is 10. The van der Waals surface area contributed by atoms with E-state index in [9.17, 15) is 19.3 Å². The quantitative estimate of drug-likeness (QED) is 0.264. The molecule has 0 aliphatic heterocycles. The Balaban J connectivity index is 1.75. The third-order valence-electron chi connectivity index (χ3n) is 4.15. The van der Waals surface area contributed by atoms with Gasteiger partial charge in [-0.05, 0) is 36.2 Å². The lowest BCUT2D eigenvalue weighted by Crippen LogP contribution is -2.32. The predicted octanol–water partition coefficient (Wildman–Crippen LogP) is 4.73. The van der Waals surface area contributed by atoms with E-state index >= 15 is 0 Å². The molecule has 0 fully saturated rings. The zero-order valence-electron chi connectivity index (χ0n) is 16.7. The van der Waals surface area contributed by atoms with Gasteiger partial charge < -0.3 is 10.2 Å². The van der Waals surface area contributed by atoms with E-state index in [1.165, 1.54) is 64.4 Å². The number of nitrogens with one attached hydrogen (secondary N) is 1. The second-order valence-corrected chi connectivity index (χ2v) is 8.67. The molecule has 0 unspecified atom stereocenters. The maximum absolute atomic E-state index is 13.4. The number of nitro groups is 1. The molecule has 0 saturated heterocycles. The standard InChI is InChI=1S/C20H20FN5O3S2/c1-2-10-22-19-23-24-20(31-19)30-13-18(27)25(16-8-6-15(21)7-9-16)12-14-4-3-5-17(11-14)26(28)29/h3-9,11H,2,10,12-13H2,1H3,(H,22,23). The van der Waals surface area contributed by atoms with Crippen LogP contribution in [0.15, 0.2) is 52.9 Å². The summed E-state index contributed by atoms with van der Waals surface area (Å²) in [5.74, 6) is -0.558. The number of carbonyl (C=O) groups excluding carboxylic acids is 1. The Hall–Kier alpha value is -3.05. The summed E-state index contributed by atoms with van der Waals surface area (Å²) >= 11 is 2.63. The number of non-ortho nitro benzene ring substituents is 1. The van der Waals surface area contributed by atoms with Crippen LogP contribution in [0.1, 0.15) is 18.9 Å². The molecule has 1 heterocycles. The Bertz CT molecular complexity index is 1050. The number of thioether (sulfide) groups is 1. The highest BCUT2D eigenvalue weighted by atomic mass is 32.2. The molecule has 0 bridgehead atoms. The van der Waals surface area contributed by atoms with E-state index in [2.05, 4.69) is 15.5 Å². The van der Waals surface area contributed by atoms with E-state index in [0.29, 0.717) is 20.7 Å². The molecule has 0 radical (unpaired) electrons. The van der Waals surface area contributed by atoms with Crippen LogP contribution in [-0.4, -0.2) is 33.3 Å². The molecule has 11 heteroatoms. The number of amides is 1. The molecule has 1 aromatic heterocycles. The molecule has 0 atom stereocenters. The van der Waals surface area contributed by atoms with Crippen LogP contribution in [0.3, 0.4) is 0 Å². The number of halogens is 1. The molecule has 1 amide bonds. The van der Waals surface area contributed by atoms with Crippen molar-refractivity contribution in [3.63, 3.8) is 0 Å².